The van der Waals surface area contributed by atoms with Crippen LogP contribution in [0.1, 0.15) is 120 Å². The Morgan fingerprint density at radius 2 is 1.22 bits per heavy atom. The lowest BCUT2D eigenvalue weighted by molar-refractivity contribution is -0.281. The molecule has 0 radical (unpaired) electrons. The Morgan fingerprint density at radius 3 is 1.88 bits per heavy atom. The molecule has 2 nitrogen and oxygen atoms in total. The second-order valence-corrected chi connectivity index (χ2v) is 15.2. The molecule has 0 aliphatic heterocycles. The fourth-order valence-corrected chi connectivity index (χ4v) is 12.0. The summed E-state index contributed by atoms with van der Waals surface area (Å²) in [5.41, 5.74) is 0.473. The molecule has 10 unspecified atom stereocenters. The number of fused-ring (bicyclic) bond motifs is 7. The molecule has 0 saturated heterocycles. The molecular weight excluding hydrogens is 392 g/mol. The van der Waals surface area contributed by atoms with Gasteiger partial charge in [-0.05, 0) is 121 Å². The molecule has 0 aromatic heterocycles. The Hall–Kier alpha value is -0.0800. The highest BCUT2D eigenvalue weighted by molar-refractivity contribution is 5.23. The van der Waals surface area contributed by atoms with Crippen LogP contribution >= 0.6 is 0 Å². The molecule has 32 heavy (non-hydrogen) atoms. The van der Waals surface area contributed by atoms with E-state index in [-0.39, 0.29) is 22.3 Å². The van der Waals surface area contributed by atoms with Gasteiger partial charge in [0.05, 0.1) is 11.7 Å². The first-order chi connectivity index (χ1) is 14.7. The topological polar surface area (TPSA) is 40.5 Å². The molecule has 0 spiro atoms. The smallest absolute Gasteiger partial charge is 0.0737 e. The van der Waals surface area contributed by atoms with Gasteiger partial charge in [-0.15, -0.1) is 0 Å². The highest BCUT2D eigenvalue weighted by Crippen LogP contribution is 2.78. The van der Waals surface area contributed by atoms with Crippen LogP contribution in [-0.4, -0.2) is 21.9 Å². The van der Waals surface area contributed by atoms with E-state index in [1.54, 1.807) is 0 Å². The van der Waals surface area contributed by atoms with Crippen LogP contribution in [0.2, 0.25) is 0 Å². The molecule has 5 saturated carbocycles. The molecule has 2 heteroatoms. The molecule has 0 bridgehead atoms. The number of aliphatic hydroxyl groups excluding tert-OH is 1. The third-order valence-corrected chi connectivity index (χ3v) is 14.0. The normalized spacial score (nSPS) is 59.2. The summed E-state index contributed by atoms with van der Waals surface area (Å²) in [4.78, 5) is 0. The average Bonchev–Trinajstić information content (AvgIpc) is 2.98. The number of rotatable bonds is 1. The molecule has 0 aromatic carbocycles. The van der Waals surface area contributed by atoms with Crippen LogP contribution in [0.4, 0.5) is 0 Å². The van der Waals surface area contributed by atoms with Crippen molar-refractivity contribution in [3.63, 3.8) is 0 Å². The van der Waals surface area contributed by atoms with Crippen molar-refractivity contribution in [2.45, 2.75) is 131 Å². The molecule has 2 N–H and O–H groups in total. The largest absolute Gasteiger partial charge is 0.393 e. The van der Waals surface area contributed by atoms with Crippen molar-refractivity contribution in [2.75, 3.05) is 0 Å². The van der Waals surface area contributed by atoms with Crippen molar-refractivity contribution in [1.82, 2.24) is 0 Å². The molecular formula is C30H52O2. The SMILES string of the molecule is CC(C)C1CCC2(O)C3CCC4C5(C)CCC(O)C(C)(C)C5CCC4(C)C3(C)CCC12C. The van der Waals surface area contributed by atoms with Gasteiger partial charge in [0.15, 0.2) is 0 Å². The monoisotopic (exact) mass is 444 g/mol. The zero-order valence-corrected chi connectivity index (χ0v) is 22.4. The van der Waals surface area contributed by atoms with Crippen molar-refractivity contribution in [3.8, 4) is 0 Å². The molecule has 0 aromatic rings. The Kier molecular flexibility index (Phi) is 5.01. The van der Waals surface area contributed by atoms with Crippen LogP contribution in [0, 0.1) is 56.7 Å². The first-order valence-electron chi connectivity index (χ1n) is 14.1. The molecule has 0 amide bonds. The average molecular weight is 445 g/mol. The van der Waals surface area contributed by atoms with E-state index in [2.05, 4.69) is 55.4 Å². The van der Waals surface area contributed by atoms with Gasteiger partial charge in [0.1, 0.15) is 0 Å². The first kappa shape index (κ1) is 23.7. The van der Waals surface area contributed by atoms with Crippen LogP contribution in [0.5, 0.6) is 0 Å². The first-order valence-corrected chi connectivity index (χ1v) is 14.1. The summed E-state index contributed by atoms with van der Waals surface area (Å²) in [5, 5.41) is 23.4. The predicted octanol–water partition coefficient (Wildman–Crippen LogP) is 7.22. The van der Waals surface area contributed by atoms with E-state index in [0.717, 1.165) is 18.8 Å². The Bertz CT molecular complexity index is 773. The van der Waals surface area contributed by atoms with Crippen molar-refractivity contribution in [1.29, 1.82) is 0 Å². The number of hydrogen-bond acceptors (Lipinski definition) is 2. The van der Waals surface area contributed by atoms with E-state index in [9.17, 15) is 10.2 Å². The number of aliphatic hydroxyl groups is 2. The van der Waals surface area contributed by atoms with Crippen molar-refractivity contribution < 1.29 is 10.2 Å². The summed E-state index contributed by atoms with van der Waals surface area (Å²) in [6.07, 6.45) is 11.7. The summed E-state index contributed by atoms with van der Waals surface area (Å²) in [6.45, 7) is 19.8. The minimum atomic E-state index is -0.483. The summed E-state index contributed by atoms with van der Waals surface area (Å²) in [6, 6.07) is 0. The summed E-state index contributed by atoms with van der Waals surface area (Å²) in [5.74, 6) is 3.11. The molecule has 10 atom stereocenters. The van der Waals surface area contributed by atoms with Gasteiger partial charge >= 0.3 is 0 Å². The van der Waals surface area contributed by atoms with Crippen LogP contribution in [-0.2, 0) is 0 Å². The van der Waals surface area contributed by atoms with E-state index >= 15 is 0 Å². The van der Waals surface area contributed by atoms with Gasteiger partial charge < -0.3 is 10.2 Å². The lowest BCUT2D eigenvalue weighted by atomic mass is 9.32. The van der Waals surface area contributed by atoms with E-state index < -0.39 is 5.60 Å². The maximum absolute atomic E-state index is 12.5. The van der Waals surface area contributed by atoms with Crippen LogP contribution in [0.25, 0.3) is 0 Å². The predicted molar refractivity (Wildman–Crippen MR) is 132 cm³/mol. The molecule has 5 fully saturated rings. The highest BCUT2D eigenvalue weighted by atomic mass is 16.3. The van der Waals surface area contributed by atoms with E-state index in [1.165, 1.54) is 51.4 Å². The Morgan fingerprint density at radius 1 is 0.625 bits per heavy atom. The molecule has 5 rings (SSSR count). The van der Waals surface area contributed by atoms with E-state index in [1.807, 2.05) is 0 Å². The van der Waals surface area contributed by atoms with Gasteiger partial charge in [-0.25, -0.2) is 0 Å². The fourth-order valence-electron chi connectivity index (χ4n) is 12.0. The third-order valence-electron chi connectivity index (χ3n) is 14.0. The summed E-state index contributed by atoms with van der Waals surface area (Å²) < 4.78 is 0. The standard InChI is InChI=1S/C30H52O2/c1-19(2)20-11-16-30(32)23-10-9-22-26(5)14-13-24(31)25(3,4)21(26)12-15-28(22,7)29(23,8)18-17-27(20,30)6/h19-24,31-32H,9-18H2,1-8H3. The maximum atomic E-state index is 12.5. The minimum absolute atomic E-state index is 0.0192. The Balaban J connectivity index is 1.54. The molecule has 5 aliphatic carbocycles. The molecule has 0 heterocycles. The van der Waals surface area contributed by atoms with E-state index in [0.29, 0.717) is 34.5 Å². The van der Waals surface area contributed by atoms with Gasteiger partial charge in [-0.2, -0.15) is 0 Å². The lowest BCUT2D eigenvalue weighted by Gasteiger charge is -2.74. The second-order valence-electron chi connectivity index (χ2n) is 15.2. The van der Waals surface area contributed by atoms with Crippen molar-refractivity contribution in [2.24, 2.45) is 56.7 Å². The zero-order chi connectivity index (χ0) is 23.5. The van der Waals surface area contributed by atoms with Gasteiger partial charge in [0.25, 0.3) is 0 Å². The molecule has 5 aliphatic rings. The van der Waals surface area contributed by atoms with Crippen molar-refractivity contribution in [3.05, 3.63) is 0 Å². The summed E-state index contributed by atoms with van der Waals surface area (Å²) in [7, 11) is 0. The summed E-state index contributed by atoms with van der Waals surface area (Å²) >= 11 is 0. The second kappa shape index (κ2) is 6.77. The third kappa shape index (κ3) is 2.51. The minimum Gasteiger partial charge on any atom is -0.393 e. The highest BCUT2D eigenvalue weighted by Gasteiger charge is 2.74. The number of hydrogen-bond donors (Lipinski definition) is 2. The Labute approximate surface area is 198 Å². The van der Waals surface area contributed by atoms with Crippen LogP contribution < -0.4 is 0 Å². The maximum Gasteiger partial charge on any atom is 0.0737 e. The van der Waals surface area contributed by atoms with Gasteiger partial charge in [0, 0.05) is 0 Å². The quantitative estimate of drug-likeness (QED) is 0.448. The zero-order valence-electron chi connectivity index (χ0n) is 22.4. The van der Waals surface area contributed by atoms with Gasteiger partial charge in [-0.3, -0.25) is 0 Å². The van der Waals surface area contributed by atoms with Crippen LogP contribution in [0.3, 0.4) is 0 Å². The fraction of sp³-hybridized carbons (Fsp3) is 1.00. The van der Waals surface area contributed by atoms with Crippen LogP contribution in [0.15, 0.2) is 0 Å². The van der Waals surface area contributed by atoms with Crippen molar-refractivity contribution >= 4 is 0 Å². The van der Waals surface area contributed by atoms with Gasteiger partial charge in [0.2, 0.25) is 0 Å². The lowest BCUT2D eigenvalue weighted by Crippen LogP contribution is -2.70. The van der Waals surface area contributed by atoms with Gasteiger partial charge in [-0.1, -0.05) is 55.4 Å². The molecule has 184 valence electrons. The van der Waals surface area contributed by atoms with E-state index in [4.69, 9.17) is 0 Å².